The van der Waals surface area contributed by atoms with Crippen molar-refractivity contribution in [2.75, 3.05) is 6.61 Å². The van der Waals surface area contributed by atoms with E-state index in [0.717, 1.165) is 6.08 Å². The maximum atomic E-state index is 11.5. The van der Waals surface area contributed by atoms with Gasteiger partial charge in [-0.15, -0.1) is 6.58 Å². The Bertz CT molecular complexity index is 270. The van der Waals surface area contributed by atoms with Gasteiger partial charge in [-0.3, -0.25) is 9.59 Å². The summed E-state index contributed by atoms with van der Waals surface area (Å²) in [5, 5.41) is 17.8. The van der Waals surface area contributed by atoms with Crippen LogP contribution >= 0.6 is 0 Å². The topological polar surface area (TPSA) is 74.6 Å². The van der Waals surface area contributed by atoms with Crippen molar-refractivity contribution < 1.29 is 19.8 Å². The molecule has 0 bridgehead atoms. The number of carboxylic acid groups (broad SMARTS) is 1. The van der Waals surface area contributed by atoms with E-state index in [-0.39, 0.29) is 25.9 Å². The second-order valence-electron chi connectivity index (χ2n) is 3.28. The van der Waals surface area contributed by atoms with Gasteiger partial charge in [-0.2, -0.15) is 0 Å². The number of aliphatic hydroxyl groups is 1. The van der Waals surface area contributed by atoms with E-state index in [1.807, 2.05) is 0 Å². The van der Waals surface area contributed by atoms with Gasteiger partial charge >= 0.3 is 5.97 Å². The lowest BCUT2D eigenvalue weighted by molar-refractivity contribution is -0.153. The van der Waals surface area contributed by atoms with Crippen LogP contribution in [-0.2, 0) is 9.59 Å². The first kappa shape index (κ1) is 13.6. The van der Waals surface area contributed by atoms with Gasteiger partial charge in [0.25, 0.3) is 0 Å². The fourth-order valence-corrected chi connectivity index (χ4v) is 1.45. The summed E-state index contributed by atoms with van der Waals surface area (Å²) >= 11 is 0. The van der Waals surface area contributed by atoms with Gasteiger partial charge in [0.05, 0.1) is 0 Å². The average molecular weight is 212 g/mol. The first-order valence-corrected chi connectivity index (χ1v) is 4.67. The normalized spacial score (nSPS) is 13.9. The minimum absolute atomic E-state index is 0.0488. The van der Waals surface area contributed by atoms with Crippen molar-refractivity contribution in [1.82, 2.24) is 0 Å². The van der Waals surface area contributed by atoms with Gasteiger partial charge in [0, 0.05) is 6.61 Å². The minimum Gasteiger partial charge on any atom is -0.480 e. The van der Waals surface area contributed by atoms with Crippen LogP contribution in [-0.4, -0.2) is 28.6 Å². The zero-order valence-corrected chi connectivity index (χ0v) is 8.61. The largest absolute Gasteiger partial charge is 0.480 e. The van der Waals surface area contributed by atoms with E-state index in [9.17, 15) is 9.59 Å². The molecule has 4 heteroatoms. The Morgan fingerprint density at radius 3 is 2.27 bits per heavy atom. The van der Waals surface area contributed by atoms with Crippen LogP contribution in [0.15, 0.2) is 25.3 Å². The predicted molar refractivity (Wildman–Crippen MR) is 56.4 cm³/mol. The Morgan fingerprint density at radius 2 is 1.93 bits per heavy atom. The van der Waals surface area contributed by atoms with Crippen LogP contribution in [0.1, 0.15) is 19.3 Å². The maximum absolute atomic E-state index is 11.5. The lowest BCUT2D eigenvalue weighted by Crippen LogP contribution is -2.38. The first-order chi connectivity index (χ1) is 7.05. The number of carbonyl (C=O) groups excluding carboxylic acids is 1. The van der Waals surface area contributed by atoms with Gasteiger partial charge < -0.3 is 10.2 Å². The summed E-state index contributed by atoms with van der Waals surface area (Å²) in [4.78, 5) is 22.7. The van der Waals surface area contributed by atoms with Crippen LogP contribution < -0.4 is 0 Å². The quantitative estimate of drug-likeness (QED) is 0.359. The lowest BCUT2D eigenvalue weighted by atomic mass is 9.76. The van der Waals surface area contributed by atoms with Crippen molar-refractivity contribution in [2.24, 2.45) is 5.41 Å². The SMILES string of the molecule is C=CCC(CCCO)(C(=O)O)C(=O)C=C. The van der Waals surface area contributed by atoms with Crippen molar-refractivity contribution >= 4 is 11.8 Å². The molecule has 0 aliphatic carbocycles. The van der Waals surface area contributed by atoms with E-state index >= 15 is 0 Å². The fraction of sp³-hybridized carbons (Fsp3) is 0.455. The summed E-state index contributed by atoms with van der Waals surface area (Å²) in [6, 6.07) is 0. The molecule has 0 aromatic carbocycles. The number of aliphatic carboxylic acids is 1. The molecule has 0 aliphatic heterocycles. The molecule has 0 fully saturated rings. The van der Waals surface area contributed by atoms with Crippen molar-refractivity contribution in [2.45, 2.75) is 19.3 Å². The van der Waals surface area contributed by atoms with Gasteiger partial charge in [-0.25, -0.2) is 0 Å². The molecule has 0 rings (SSSR count). The number of carboxylic acids is 1. The number of carbonyl (C=O) groups is 2. The first-order valence-electron chi connectivity index (χ1n) is 4.67. The van der Waals surface area contributed by atoms with E-state index in [1.54, 1.807) is 0 Å². The van der Waals surface area contributed by atoms with E-state index in [2.05, 4.69) is 13.2 Å². The highest BCUT2D eigenvalue weighted by Crippen LogP contribution is 2.30. The standard InChI is InChI=1S/C11H16O4/c1-3-6-11(10(14)15,7-5-8-12)9(13)4-2/h3-4,12H,1-2,5-8H2,(H,14,15). The molecule has 1 unspecified atom stereocenters. The molecule has 0 saturated carbocycles. The Hall–Kier alpha value is -1.42. The van der Waals surface area contributed by atoms with Gasteiger partial charge in [0.2, 0.25) is 0 Å². The van der Waals surface area contributed by atoms with Crippen LogP contribution in [0.2, 0.25) is 0 Å². The second-order valence-corrected chi connectivity index (χ2v) is 3.28. The highest BCUT2D eigenvalue weighted by molar-refractivity contribution is 6.08. The highest BCUT2D eigenvalue weighted by Gasteiger charge is 2.42. The van der Waals surface area contributed by atoms with Gasteiger partial charge in [-0.1, -0.05) is 12.7 Å². The molecule has 4 nitrogen and oxygen atoms in total. The summed E-state index contributed by atoms with van der Waals surface area (Å²) in [6.45, 7) is 6.59. The predicted octanol–water partition coefficient (Wildman–Crippen LogP) is 1.16. The third-order valence-electron chi connectivity index (χ3n) is 2.32. The molecule has 15 heavy (non-hydrogen) atoms. The molecule has 1 atom stereocenters. The number of rotatable bonds is 8. The smallest absolute Gasteiger partial charge is 0.317 e. The molecule has 0 saturated heterocycles. The summed E-state index contributed by atoms with van der Waals surface area (Å²) in [5.41, 5.74) is -1.51. The number of aliphatic hydroxyl groups excluding tert-OH is 1. The van der Waals surface area contributed by atoms with E-state index in [0.29, 0.717) is 0 Å². The molecular formula is C11H16O4. The van der Waals surface area contributed by atoms with Crippen LogP contribution in [0.4, 0.5) is 0 Å². The zero-order valence-electron chi connectivity index (χ0n) is 8.61. The average Bonchev–Trinajstić information content (AvgIpc) is 2.22. The fourth-order valence-electron chi connectivity index (χ4n) is 1.45. The van der Waals surface area contributed by atoms with Crippen LogP contribution in [0.3, 0.4) is 0 Å². The van der Waals surface area contributed by atoms with E-state index in [1.165, 1.54) is 6.08 Å². The Labute approximate surface area is 88.9 Å². The summed E-state index contributed by atoms with van der Waals surface area (Å²) < 4.78 is 0. The highest BCUT2D eigenvalue weighted by atomic mass is 16.4. The van der Waals surface area contributed by atoms with Crippen molar-refractivity contribution in [3.63, 3.8) is 0 Å². The van der Waals surface area contributed by atoms with Crippen molar-refractivity contribution in [1.29, 1.82) is 0 Å². The Morgan fingerprint density at radius 1 is 1.33 bits per heavy atom. The van der Waals surface area contributed by atoms with Gasteiger partial charge in [0.15, 0.2) is 5.78 Å². The zero-order chi connectivity index (χ0) is 11.9. The minimum atomic E-state index is -1.51. The second kappa shape index (κ2) is 6.14. The molecule has 0 spiro atoms. The number of hydrogen-bond acceptors (Lipinski definition) is 3. The third-order valence-corrected chi connectivity index (χ3v) is 2.32. The molecule has 0 radical (unpaired) electrons. The molecule has 0 aromatic rings. The summed E-state index contributed by atoms with van der Waals surface area (Å²) in [6.07, 6.45) is 2.81. The van der Waals surface area contributed by atoms with Gasteiger partial charge in [-0.05, 0) is 25.3 Å². The Kier molecular flexibility index (Phi) is 5.56. The summed E-state index contributed by atoms with van der Waals surface area (Å²) in [7, 11) is 0. The third kappa shape index (κ3) is 3.02. The monoisotopic (exact) mass is 212 g/mol. The summed E-state index contributed by atoms with van der Waals surface area (Å²) in [5.74, 6) is -1.73. The molecule has 0 amide bonds. The van der Waals surface area contributed by atoms with Gasteiger partial charge in [0.1, 0.15) is 5.41 Å². The number of hydrogen-bond donors (Lipinski definition) is 2. The lowest BCUT2D eigenvalue weighted by Gasteiger charge is -2.24. The molecule has 0 aliphatic rings. The molecule has 0 aromatic heterocycles. The molecule has 84 valence electrons. The van der Waals surface area contributed by atoms with Crippen molar-refractivity contribution in [3.05, 3.63) is 25.3 Å². The number of ketones is 1. The van der Waals surface area contributed by atoms with Crippen LogP contribution in [0.25, 0.3) is 0 Å². The molecule has 2 N–H and O–H groups in total. The molecular weight excluding hydrogens is 196 g/mol. The van der Waals surface area contributed by atoms with E-state index < -0.39 is 17.2 Å². The van der Waals surface area contributed by atoms with Crippen LogP contribution in [0.5, 0.6) is 0 Å². The Balaban J connectivity index is 5.05. The number of allylic oxidation sites excluding steroid dienone is 2. The van der Waals surface area contributed by atoms with Crippen LogP contribution in [0, 0.1) is 5.41 Å². The maximum Gasteiger partial charge on any atom is 0.317 e. The van der Waals surface area contributed by atoms with Crippen molar-refractivity contribution in [3.8, 4) is 0 Å². The molecule has 0 heterocycles. The van der Waals surface area contributed by atoms with E-state index in [4.69, 9.17) is 10.2 Å².